The molecule has 1 rings (SSSR count). The summed E-state index contributed by atoms with van der Waals surface area (Å²) in [4.78, 5) is 21.5. The van der Waals surface area contributed by atoms with Crippen molar-refractivity contribution in [1.82, 2.24) is 0 Å². The van der Waals surface area contributed by atoms with E-state index in [1.165, 1.54) is 0 Å². The van der Waals surface area contributed by atoms with Crippen molar-refractivity contribution in [1.29, 1.82) is 0 Å². The van der Waals surface area contributed by atoms with Gasteiger partial charge in [0.1, 0.15) is 0 Å². The molecular formula is C9H11F3N2O3. The lowest BCUT2D eigenvalue weighted by molar-refractivity contribution is -0.173. The van der Waals surface area contributed by atoms with Gasteiger partial charge in [-0.1, -0.05) is 0 Å². The van der Waals surface area contributed by atoms with Gasteiger partial charge in [-0.25, -0.2) is 0 Å². The molecule has 1 amide bonds. The van der Waals surface area contributed by atoms with Crippen molar-refractivity contribution in [2.75, 3.05) is 0 Å². The van der Waals surface area contributed by atoms with E-state index >= 15 is 0 Å². The van der Waals surface area contributed by atoms with Crippen LogP contribution < -0.4 is 11.5 Å². The molecule has 5 N–H and O–H groups in total. The summed E-state index contributed by atoms with van der Waals surface area (Å²) in [5.74, 6) is -6.32. The molecule has 1 aliphatic carbocycles. The Morgan fingerprint density at radius 1 is 1.35 bits per heavy atom. The van der Waals surface area contributed by atoms with Crippen LogP contribution in [0.2, 0.25) is 0 Å². The first-order chi connectivity index (χ1) is 7.64. The van der Waals surface area contributed by atoms with Gasteiger partial charge < -0.3 is 16.6 Å². The number of hydrogen-bond acceptors (Lipinski definition) is 3. The van der Waals surface area contributed by atoms with Crippen LogP contribution >= 0.6 is 0 Å². The van der Waals surface area contributed by atoms with E-state index in [4.69, 9.17) is 16.6 Å². The molecule has 1 aliphatic rings. The monoisotopic (exact) mass is 252 g/mol. The minimum absolute atomic E-state index is 0.190. The van der Waals surface area contributed by atoms with Crippen LogP contribution in [0, 0.1) is 11.8 Å². The second-order valence-electron chi connectivity index (χ2n) is 3.87. The van der Waals surface area contributed by atoms with Crippen LogP contribution in [0.25, 0.3) is 0 Å². The lowest BCUT2D eigenvalue weighted by Gasteiger charge is -2.19. The van der Waals surface area contributed by atoms with Crippen LogP contribution in [-0.4, -0.2) is 23.2 Å². The summed E-state index contributed by atoms with van der Waals surface area (Å²) < 4.78 is 37.8. The first-order valence-corrected chi connectivity index (χ1v) is 4.70. The Labute approximate surface area is 94.3 Å². The van der Waals surface area contributed by atoms with Crippen molar-refractivity contribution in [3.63, 3.8) is 0 Å². The number of rotatable bonds is 3. The summed E-state index contributed by atoms with van der Waals surface area (Å²) in [6, 6.07) is 0. The fraction of sp³-hybridized carbons (Fsp3) is 0.556. The van der Waals surface area contributed by atoms with Gasteiger partial charge in [-0.3, -0.25) is 9.59 Å². The molecule has 0 fully saturated rings. The molecule has 17 heavy (non-hydrogen) atoms. The Kier molecular flexibility index (Phi) is 3.35. The normalized spacial score (nSPS) is 22.6. The van der Waals surface area contributed by atoms with Gasteiger partial charge in [-0.15, -0.1) is 0 Å². The third kappa shape index (κ3) is 2.69. The Hall–Kier alpha value is -1.73. The summed E-state index contributed by atoms with van der Waals surface area (Å²) in [7, 11) is 0. The number of nitrogens with two attached hydrogens (primary N) is 2. The molecular weight excluding hydrogens is 241 g/mol. The van der Waals surface area contributed by atoms with E-state index in [0.717, 1.165) is 0 Å². The number of halogens is 3. The topological polar surface area (TPSA) is 106 Å². The molecule has 0 aromatic carbocycles. The highest BCUT2D eigenvalue weighted by Crippen LogP contribution is 2.40. The number of amides is 1. The number of aliphatic carboxylic acids is 1. The summed E-state index contributed by atoms with van der Waals surface area (Å²) >= 11 is 0. The number of hydrogen-bond donors (Lipinski definition) is 3. The lowest BCUT2D eigenvalue weighted by atomic mass is 9.94. The van der Waals surface area contributed by atoms with Crippen molar-refractivity contribution in [3.05, 3.63) is 11.3 Å². The summed E-state index contributed by atoms with van der Waals surface area (Å²) in [5, 5.41) is 8.69. The Morgan fingerprint density at radius 2 is 1.88 bits per heavy atom. The summed E-state index contributed by atoms with van der Waals surface area (Å²) in [5.41, 5.74) is 9.41. The SMILES string of the molecule is NC(=O)[C@H](C1=C(N)C[C@@H](C(=O)O)C1)C(F)(F)F. The van der Waals surface area contributed by atoms with Gasteiger partial charge >= 0.3 is 12.1 Å². The van der Waals surface area contributed by atoms with E-state index in [9.17, 15) is 22.8 Å². The molecule has 0 saturated heterocycles. The zero-order chi connectivity index (χ0) is 13.4. The number of allylic oxidation sites excluding steroid dienone is 1. The molecule has 8 heteroatoms. The van der Waals surface area contributed by atoms with Gasteiger partial charge in [0.2, 0.25) is 5.91 Å². The minimum Gasteiger partial charge on any atom is -0.481 e. The number of carbonyl (C=O) groups excluding carboxylic acids is 1. The largest absolute Gasteiger partial charge is 0.481 e. The average molecular weight is 252 g/mol. The quantitative estimate of drug-likeness (QED) is 0.674. The molecule has 0 aromatic rings. The fourth-order valence-electron chi connectivity index (χ4n) is 1.87. The second kappa shape index (κ2) is 4.27. The molecule has 0 saturated carbocycles. The van der Waals surface area contributed by atoms with E-state index in [2.05, 4.69) is 0 Å². The lowest BCUT2D eigenvalue weighted by Crippen LogP contribution is -2.37. The third-order valence-corrected chi connectivity index (χ3v) is 2.65. The van der Waals surface area contributed by atoms with E-state index in [-0.39, 0.29) is 12.1 Å². The van der Waals surface area contributed by atoms with Crippen molar-refractivity contribution in [3.8, 4) is 0 Å². The van der Waals surface area contributed by atoms with Gasteiger partial charge in [-0.2, -0.15) is 13.2 Å². The first-order valence-electron chi connectivity index (χ1n) is 4.70. The van der Waals surface area contributed by atoms with Crippen LogP contribution in [0.15, 0.2) is 11.3 Å². The zero-order valence-corrected chi connectivity index (χ0v) is 8.62. The van der Waals surface area contributed by atoms with Crippen LogP contribution in [0.4, 0.5) is 13.2 Å². The molecule has 0 heterocycles. The van der Waals surface area contributed by atoms with Crippen LogP contribution in [0.5, 0.6) is 0 Å². The number of primary amides is 1. The standard InChI is InChI=1S/C9H11F3N2O3/c10-9(11,12)6(7(14)15)4-1-3(8(16)17)2-5(4)13/h3,6H,1-2,13H2,(H2,14,15)(H,16,17)/t3-,6-/m0/s1. The van der Waals surface area contributed by atoms with E-state index in [0.29, 0.717) is 0 Å². The van der Waals surface area contributed by atoms with Gasteiger partial charge in [0.25, 0.3) is 0 Å². The van der Waals surface area contributed by atoms with Crippen LogP contribution in [0.3, 0.4) is 0 Å². The number of carboxylic acid groups (broad SMARTS) is 1. The average Bonchev–Trinajstić information content (AvgIpc) is 2.45. The van der Waals surface area contributed by atoms with Crippen LogP contribution in [0.1, 0.15) is 12.8 Å². The van der Waals surface area contributed by atoms with E-state index in [1.54, 1.807) is 0 Å². The van der Waals surface area contributed by atoms with Crippen molar-refractivity contribution < 1.29 is 27.9 Å². The molecule has 0 bridgehead atoms. The smallest absolute Gasteiger partial charge is 0.404 e. The van der Waals surface area contributed by atoms with Gasteiger partial charge in [-0.05, 0) is 12.0 Å². The molecule has 2 atom stereocenters. The first kappa shape index (κ1) is 13.3. The van der Waals surface area contributed by atoms with E-state index in [1.807, 2.05) is 0 Å². The molecule has 0 aliphatic heterocycles. The maximum Gasteiger partial charge on any atom is 0.404 e. The number of carboxylic acids is 1. The maximum atomic E-state index is 12.6. The Morgan fingerprint density at radius 3 is 2.18 bits per heavy atom. The maximum absolute atomic E-state index is 12.6. The molecule has 96 valence electrons. The van der Waals surface area contributed by atoms with Crippen molar-refractivity contribution >= 4 is 11.9 Å². The molecule has 5 nitrogen and oxygen atoms in total. The van der Waals surface area contributed by atoms with Gasteiger partial charge in [0.15, 0.2) is 5.92 Å². The highest BCUT2D eigenvalue weighted by molar-refractivity contribution is 5.82. The third-order valence-electron chi connectivity index (χ3n) is 2.65. The number of carbonyl (C=O) groups is 2. The van der Waals surface area contributed by atoms with Crippen molar-refractivity contribution in [2.24, 2.45) is 23.3 Å². The predicted octanol–water partition coefficient (Wildman–Crippen LogP) is 0.358. The Bertz CT molecular complexity index is 389. The zero-order valence-electron chi connectivity index (χ0n) is 8.62. The van der Waals surface area contributed by atoms with Crippen molar-refractivity contribution in [2.45, 2.75) is 19.0 Å². The van der Waals surface area contributed by atoms with Gasteiger partial charge in [0.05, 0.1) is 5.92 Å². The Balaban J connectivity index is 3.02. The molecule has 0 unspecified atom stereocenters. The molecule has 0 aromatic heterocycles. The van der Waals surface area contributed by atoms with Gasteiger partial charge in [0, 0.05) is 12.1 Å². The molecule has 0 spiro atoms. The second-order valence-corrected chi connectivity index (χ2v) is 3.87. The highest BCUT2D eigenvalue weighted by Gasteiger charge is 2.49. The minimum atomic E-state index is -4.85. The summed E-state index contributed by atoms with van der Waals surface area (Å²) in [6.45, 7) is 0. The van der Waals surface area contributed by atoms with E-state index < -0.39 is 41.9 Å². The highest BCUT2D eigenvalue weighted by atomic mass is 19.4. The number of alkyl halides is 3. The van der Waals surface area contributed by atoms with Crippen LogP contribution in [-0.2, 0) is 9.59 Å². The predicted molar refractivity (Wildman–Crippen MR) is 50.3 cm³/mol. The summed E-state index contributed by atoms with van der Waals surface area (Å²) in [6.07, 6.45) is -5.43. The fourth-order valence-corrected chi connectivity index (χ4v) is 1.87. The molecule has 0 radical (unpaired) electrons.